The number of amides is 2. The van der Waals surface area contributed by atoms with Crippen molar-refractivity contribution >= 4 is 40.7 Å². The number of halogens is 2. The SMILES string of the molecule is CCN(CC)C(=O)COc1ccc(NC(=O)c2c(C)nn(-c3ccccc3)c2Cl)cc1Cl. The van der Waals surface area contributed by atoms with Gasteiger partial charge >= 0.3 is 0 Å². The number of aromatic nitrogens is 2. The Morgan fingerprint density at radius 3 is 2.41 bits per heavy atom. The molecule has 0 atom stereocenters. The lowest BCUT2D eigenvalue weighted by atomic mass is 10.2. The van der Waals surface area contributed by atoms with Crippen LogP contribution < -0.4 is 10.1 Å². The Bertz CT molecular complexity index is 1110. The minimum atomic E-state index is -0.406. The molecule has 0 aliphatic carbocycles. The van der Waals surface area contributed by atoms with Crippen LogP contribution in [0.1, 0.15) is 29.9 Å². The summed E-state index contributed by atoms with van der Waals surface area (Å²) in [7, 11) is 0. The maximum absolute atomic E-state index is 12.9. The summed E-state index contributed by atoms with van der Waals surface area (Å²) in [5, 5.41) is 7.66. The Morgan fingerprint density at radius 2 is 1.78 bits per heavy atom. The monoisotopic (exact) mass is 474 g/mol. The van der Waals surface area contributed by atoms with Gasteiger partial charge in [0.15, 0.2) is 6.61 Å². The Hall–Kier alpha value is -3.03. The lowest BCUT2D eigenvalue weighted by Gasteiger charge is -2.19. The van der Waals surface area contributed by atoms with E-state index < -0.39 is 5.91 Å². The van der Waals surface area contributed by atoms with E-state index in [0.29, 0.717) is 30.2 Å². The van der Waals surface area contributed by atoms with E-state index in [-0.39, 0.29) is 28.3 Å². The van der Waals surface area contributed by atoms with Gasteiger partial charge in [-0.2, -0.15) is 5.10 Å². The van der Waals surface area contributed by atoms with Gasteiger partial charge in [0.25, 0.3) is 11.8 Å². The molecule has 0 saturated carbocycles. The van der Waals surface area contributed by atoms with Crippen LogP contribution in [0.25, 0.3) is 5.69 Å². The summed E-state index contributed by atoms with van der Waals surface area (Å²) in [4.78, 5) is 26.7. The molecule has 0 fully saturated rings. The molecule has 32 heavy (non-hydrogen) atoms. The minimum Gasteiger partial charge on any atom is -0.482 e. The molecule has 0 radical (unpaired) electrons. The maximum Gasteiger partial charge on any atom is 0.260 e. The van der Waals surface area contributed by atoms with Gasteiger partial charge in [0.2, 0.25) is 0 Å². The van der Waals surface area contributed by atoms with Gasteiger partial charge in [-0.15, -0.1) is 0 Å². The summed E-state index contributed by atoms with van der Waals surface area (Å²) < 4.78 is 7.06. The van der Waals surface area contributed by atoms with E-state index in [2.05, 4.69) is 10.4 Å². The Balaban J connectivity index is 1.72. The topological polar surface area (TPSA) is 76.5 Å². The molecule has 0 aliphatic rings. The number of rotatable bonds is 8. The fourth-order valence-electron chi connectivity index (χ4n) is 3.19. The van der Waals surface area contributed by atoms with Gasteiger partial charge in [-0.25, -0.2) is 4.68 Å². The average Bonchev–Trinajstić information content (AvgIpc) is 3.08. The third kappa shape index (κ3) is 5.23. The van der Waals surface area contributed by atoms with E-state index in [1.165, 1.54) is 4.68 Å². The molecule has 1 N–H and O–H groups in total. The zero-order chi connectivity index (χ0) is 23.3. The number of hydrogen-bond donors (Lipinski definition) is 1. The van der Waals surface area contributed by atoms with Crippen molar-refractivity contribution in [3.63, 3.8) is 0 Å². The molecule has 1 heterocycles. The summed E-state index contributed by atoms with van der Waals surface area (Å²) in [6.07, 6.45) is 0. The quantitative estimate of drug-likeness (QED) is 0.498. The Morgan fingerprint density at radius 1 is 1.09 bits per heavy atom. The van der Waals surface area contributed by atoms with Gasteiger partial charge in [-0.1, -0.05) is 41.4 Å². The summed E-state index contributed by atoms with van der Waals surface area (Å²) in [6.45, 7) is 6.64. The fraction of sp³-hybridized carbons (Fsp3) is 0.261. The molecular weight excluding hydrogens is 451 g/mol. The number of nitrogens with one attached hydrogen (secondary N) is 1. The van der Waals surface area contributed by atoms with Crippen LogP contribution in [0.5, 0.6) is 5.75 Å². The smallest absolute Gasteiger partial charge is 0.260 e. The van der Waals surface area contributed by atoms with Crippen LogP contribution >= 0.6 is 23.2 Å². The summed E-state index contributed by atoms with van der Waals surface area (Å²) in [5.41, 5.74) is 1.99. The number of nitrogens with zero attached hydrogens (tertiary/aromatic N) is 3. The number of likely N-dealkylation sites (N-methyl/N-ethyl adjacent to an activating group) is 1. The second-order valence-corrected chi connectivity index (χ2v) is 7.72. The molecule has 0 saturated heterocycles. The van der Waals surface area contributed by atoms with Crippen LogP contribution in [-0.4, -0.2) is 46.2 Å². The number of anilines is 1. The maximum atomic E-state index is 12.9. The molecule has 0 bridgehead atoms. The third-order valence-electron chi connectivity index (χ3n) is 4.89. The van der Waals surface area contributed by atoms with Crippen LogP contribution in [0.3, 0.4) is 0 Å². The minimum absolute atomic E-state index is 0.111. The van der Waals surface area contributed by atoms with Crippen LogP contribution in [0.15, 0.2) is 48.5 Å². The molecule has 0 aliphatic heterocycles. The molecule has 0 spiro atoms. The zero-order valence-electron chi connectivity index (χ0n) is 18.1. The van der Waals surface area contributed by atoms with Crippen molar-refractivity contribution in [1.29, 1.82) is 0 Å². The van der Waals surface area contributed by atoms with E-state index >= 15 is 0 Å². The first-order valence-corrected chi connectivity index (χ1v) is 10.9. The Labute approximate surface area is 196 Å². The number of para-hydroxylation sites is 1. The van der Waals surface area contributed by atoms with Crippen LogP contribution in [0.4, 0.5) is 5.69 Å². The molecule has 168 valence electrons. The third-order valence-corrected chi connectivity index (χ3v) is 5.53. The fourth-order valence-corrected chi connectivity index (χ4v) is 3.79. The van der Waals surface area contributed by atoms with Gasteiger partial charge in [0.05, 0.1) is 16.4 Å². The number of benzene rings is 2. The van der Waals surface area contributed by atoms with Gasteiger partial charge in [0.1, 0.15) is 16.5 Å². The van der Waals surface area contributed by atoms with Gasteiger partial charge in [0, 0.05) is 18.8 Å². The molecule has 7 nitrogen and oxygen atoms in total. The molecule has 3 aromatic rings. The second-order valence-electron chi connectivity index (χ2n) is 6.95. The van der Waals surface area contributed by atoms with E-state index in [0.717, 1.165) is 5.69 Å². The predicted octanol–water partition coefficient (Wildman–Crippen LogP) is 4.99. The molecule has 2 aromatic carbocycles. The summed E-state index contributed by atoms with van der Waals surface area (Å²) in [6, 6.07) is 14.1. The van der Waals surface area contributed by atoms with E-state index in [9.17, 15) is 9.59 Å². The van der Waals surface area contributed by atoms with Crippen molar-refractivity contribution in [2.75, 3.05) is 25.0 Å². The number of carbonyl (C=O) groups is 2. The highest BCUT2D eigenvalue weighted by atomic mass is 35.5. The number of carbonyl (C=O) groups excluding carboxylic acids is 2. The first-order valence-electron chi connectivity index (χ1n) is 10.2. The van der Waals surface area contributed by atoms with Crippen molar-refractivity contribution < 1.29 is 14.3 Å². The highest BCUT2D eigenvalue weighted by Crippen LogP contribution is 2.29. The first kappa shape index (κ1) is 23.6. The molecule has 1 aromatic heterocycles. The zero-order valence-corrected chi connectivity index (χ0v) is 19.6. The number of aryl methyl sites for hydroxylation is 1. The molecule has 3 rings (SSSR count). The van der Waals surface area contributed by atoms with Crippen molar-refractivity contribution in [1.82, 2.24) is 14.7 Å². The van der Waals surface area contributed by atoms with Crippen LogP contribution in [-0.2, 0) is 4.79 Å². The highest BCUT2D eigenvalue weighted by Gasteiger charge is 2.21. The lowest BCUT2D eigenvalue weighted by molar-refractivity contribution is -0.132. The van der Waals surface area contributed by atoms with Gasteiger partial charge in [-0.05, 0) is 51.1 Å². The normalized spacial score (nSPS) is 10.7. The van der Waals surface area contributed by atoms with Crippen molar-refractivity contribution in [3.05, 3.63) is 70.0 Å². The molecule has 9 heteroatoms. The van der Waals surface area contributed by atoms with Crippen LogP contribution in [0, 0.1) is 6.92 Å². The van der Waals surface area contributed by atoms with Crippen molar-refractivity contribution in [2.24, 2.45) is 0 Å². The van der Waals surface area contributed by atoms with Crippen molar-refractivity contribution in [2.45, 2.75) is 20.8 Å². The largest absolute Gasteiger partial charge is 0.482 e. The highest BCUT2D eigenvalue weighted by molar-refractivity contribution is 6.34. The second kappa shape index (κ2) is 10.5. The summed E-state index contributed by atoms with van der Waals surface area (Å²) >= 11 is 12.8. The lowest BCUT2D eigenvalue weighted by Crippen LogP contribution is -2.34. The summed E-state index contributed by atoms with van der Waals surface area (Å²) in [5.74, 6) is -0.170. The van der Waals surface area contributed by atoms with E-state index in [1.807, 2.05) is 44.2 Å². The van der Waals surface area contributed by atoms with Gasteiger partial charge in [-0.3, -0.25) is 9.59 Å². The van der Waals surface area contributed by atoms with Crippen LogP contribution in [0.2, 0.25) is 10.2 Å². The molecule has 2 amide bonds. The Kier molecular flexibility index (Phi) is 7.77. The predicted molar refractivity (Wildman–Crippen MR) is 126 cm³/mol. The standard InChI is InChI=1S/C23H24Cl2N4O3/c1-4-28(5-2)20(30)14-32-19-12-11-16(13-18(19)24)26-23(31)21-15(3)27-29(22(21)25)17-9-7-6-8-10-17/h6-13H,4-5,14H2,1-3H3,(H,26,31). The van der Waals surface area contributed by atoms with E-state index in [4.69, 9.17) is 27.9 Å². The van der Waals surface area contributed by atoms with Gasteiger partial charge < -0.3 is 15.0 Å². The van der Waals surface area contributed by atoms with Crippen molar-refractivity contribution in [3.8, 4) is 11.4 Å². The molecule has 0 unspecified atom stereocenters. The number of hydrogen-bond acceptors (Lipinski definition) is 4. The molecular formula is C23H24Cl2N4O3. The average molecular weight is 475 g/mol. The number of ether oxygens (including phenoxy) is 1. The first-order chi connectivity index (χ1) is 15.3. The van der Waals surface area contributed by atoms with E-state index in [1.54, 1.807) is 30.0 Å².